The highest BCUT2D eigenvalue weighted by Crippen LogP contribution is 2.32. The lowest BCUT2D eigenvalue weighted by Gasteiger charge is -2.46. The molecule has 1 N–H and O–H groups in total. The third-order valence-corrected chi connectivity index (χ3v) is 7.39. The Kier molecular flexibility index (Phi) is 11.7. The summed E-state index contributed by atoms with van der Waals surface area (Å²) in [5, 5.41) is 10.0. The average Bonchev–Trinajstić information content (AvgIpc) is 3.05. The van der Waals surface area contributed by atoms with Crippen molar-refractivity contribution in [2.45, 2.75) is 63.4 Å². The minimum atomic E-state index is -0.472. The van der Waals surface area contributed by atoms with Gasteiger partial charge in [0.15, 0.2) is 0 Å². The van der Waals surface area contributed by atoms with Crippen LogP contribution in [0.1, 0.15) is 28.7 Å². The van der Waals surface area contributed by atoms with Crippen molar-refractivity contribution in [2.75, 3.05) is 13.2 Å². The summed E-state index contributed by atoms with van der Waals surface area (Å²) >= 11 is 0. The van der Waals surface area contributed by atoms with Gasteiger partial charge in [-0.25, -0.2) is 0 Å². The molecule has 1 aliphatic heterocycles. The molecule has 0 aromatic heterocycles. The van der Waals surface area contributed by atoms with Crippen LogP contribution in [0.3, 0.4) is 0 Å². The molecule has 0 spiro atoms. The van der Waals surface area contributed by atoms with E-state index in [1.807, 2.05) is 121 Å². The zero-order valence-electron chi connectivity index (χ0n) is 23.9. The standard InChI is InChI=1S/C36H40O6/c37-22-21-32-34(39-24-29-15-7-2-8-16-29)36(41-26-31-19-11-4-12-20-31)35(40-25-30-17-9-3-10-18-30)33(42-32)27-38-23-28-13-5-1-6-14-28/h1-20,32-37H,21-27H2/t32-,33?,34?,35+,36+/m1/s1. The van der Waals surface area contributed by atoms with Crippen molar-refractivity contribution in [1.29, 1.82) is 0 Å². The Hall–Kier alpha value is -3.36. The quantitative estimate of drug-likeness (QED) is 0.187. The molecule has 2 unspecified atom stereocenters. The minimum absolute atomic E-state index is 0.0333. The van der Waals surface area contributed by atoms with Crippen LogP contribution in [0.15, 0.2) is 121 Å². The van der Waals surface area contributed by atoms with Crippen LogP contribution >= 0.6 is 0 Å². The van der Waals surface area contributed by atoms with E-state index in [0.717, 1.165) is 22.3 Å². The van der Waals surface area contributed by atoms with E-state index in [4.69, 9.17) is 23.7 Å². The summed E-state index contributed by atoms with van der Waals surface area (Å²) in [6, 6.07) is 40.3. The van der Waals surface area contributed by atoms with E-state index in [-0.39, 0.29) is 6.61 Å². The lowest BCUT2D eigenvalue weighted by molar-refractivity contribution is -0.274. The van der Waals surface area contributed by atoms with E-state index in [2.05, 4.69) is 0 Å². The second kappa shape index (κ2) is 16.3. The topological polar surface area (TPSA) is 66.4 Å². The number of aliphatic hydroxyl groups is 1. The van der Waals surface area contributed by atoms with E-state index in [1.54, 1.807) is 0 Å². The van der Waals surface area contributed by atoms with E-state index >= 15 is 0 Å². The molecule has 6 nitrogen and oxygen atoms in total. The van der Waals surface area contributed by atoms with Crippen LogP contribution in [0.25, 0.3) is 0 Å². The highest BCUT2D eigenvalue weighted by atomic mass is 16.6. The minimum Gasteiger partial charge on any atom is -0.396 e. The smallest absolute Gasteiger partial charge is 0.115 e. The predicted molar refractivity (Wildman–Crippen MR) is 162 cm³/mol. The van der Waals surface area contributed by atoms with E-state index in [9.17, 15) is 5.11 Å². The lowest BCUT2D eigenvalue weighted by atomic mass is 9.92. The molecule has 1 aliphatic rings. The van der Waals surface area contributed by atoms with Gasteiger partial charge in [-0.2, -0.15) is 0 Å². The fraction of sp³-hybridized carbons (Fsp3) is 0.333. The Morgan fingerprint density at radius 3 is 1.29 bits per heavy atom. The molecule has 4 aromatic rings. The summed E-state index contributed by atoms with van der Waals surface area (Å²) in [5.41, 5.74) is 4.26. The van der Waals surface area contributed by atoms with Crippen LogP contribution in [0.5, 0.6) is 0 Å². The monoisotopic (exact) mass is 568 g/mol. The lowest BCUT2D eigenvalue weighted by Crippen LogP contribution is -2.61. The number of rotatable bonds is 15. The van der Waals surface area contributed by atoms with Crippen molar-refractivity contribution in [1.82, 2.24) is 0 Å². The van der Waals surface area contributed by atoms with Gasteiger partial charge in [0.05, 0.1) is 39.1 Å². The fourth-order valence-electron chi connectivity index (χ4n) is 5.24. The highest BCUT2D eigenvalue weighted by Gasteiger charge is 2.48. The summed E-state index contributed by atoms with van der Waals surface area (Å²) in [6.45, 7) is 1.92. The van der Waals surface area contributed by atoms with Gasteiger partial charge in [0.25, 0.3) is 0 Å². The van der Waals surface area contributed by atoms with Crippen molar-refractivity contribution in [3.8, 4) is 0 Å². The second-order valence-corrected chi connectivity index (χ2v) is 10.5. The van der Waals surface area contributed by atoms with Crippen molar-refractivity contribution in [3.05, 3.63) is 144 Å². The summed E-state index contributed by atoms with van der Waals surface area (Å²) in [4.78, 5) is 0. The molecule has 0 amide bonds. The zero-order valence-corrected chi connectivity index (χ0v) is 23.9. The molecule has 1 fully saturated rings. The SMILES string of the molecule is OCC[C@H]1OC(COCc2ccccc2)[C@H](OCc2ccccc2)[C@@H](OCc2ccccc2)C1OCc1ccccc1. The number of benzene rings is 4. The van der Waals surface area contributed by atoms with Crippen LogP contribution < -0.4 is 0 Å². The molecule has 5 atom stereocenters. The van der Waals surface area contributed by atoms with Gasteiger partial charge in [-0.15, -0.1) is 0 Å². The second-order valence-electron chi connectivity index (χ2n) is 10.5. The summed E-state index contributed by atoms with van der Waals surface area (Å²) in [6.07, 6.45) is -1.82. The van der Waals surface area contributed by atoms with Gasteiger partial charge in [0, 0.05) is 6.61 Å². The fourth-order valence-corrected chi connectivity index (χ4v) is 5.24. The number of hydrogen-bond donors (Lipinski definition) is 1. The zero-order chi connectivity index (χ0) is 28.8. The Morgan fingerprint density at radius 2 is 0.857 bits per heavy atom. The van der Waals surface area contributed by atoms with Crippen LogP contribution in [0.2, 0.25) is 0 Å². The molecule has 0 aliphatic carbocycles. The van der Waals surface area contributed by atoms with Crippen LogP contribution in [0, 0.1) is 0 Å². The number of hydrogen-bond acceptors (Lipinski definition) is 6. The predicted octanol–water partition coefficient (Wildman–Crippen LogP) is 6.11. The summed E-state index contributed by atoms with van der Waals surface area (Å²) < 4.78 is 32.7. The van der Waals surface area contributed by atoms with Crippen molar-refractivity contribution in [2.24, 2.45) is 0 Å². The summed E-state index contributed by atoms with van der Waals surface area (Å²) in [5.74, 6) is 0. The van der Waals surface area contributed by atoms with Crippen LogP contribution in [0.4, 0.5) is 0 Å². The molecule has 220 valence electrons. The number of aliphatic hydroxyl groups excluding tert-OH is 1. The van der Waals surface area contributed by atoms with Crippen LogP contribution in [-0.4, -0.2) is 48.8 Å². The Morgan fingerprint density at radius 1 is 0.476 bits per heavy atom. The van der Waals surface area contributed by atoms with Gasteiger partial charge in [-0.05, 0) is 28.7 Å². The third kappa shape index (κ3) is 8.82. The molecule has 0 radical (unpaired) electrons. The molecule has 4 aromatic carbocycles. The largest absolute Gasteiger partial charge is 0.396 e. The normalized spacial score (nSPS) is 22.2. The Labute approximate surface area is 248 Å². The first-order chi connectivity index (χ1) is 20.8. The van der Waals surface area contributed by atoms with Gasteiger partial charge >= 0.3 is 0 Å². The summed E-state index contributed by atoms with van der Waals surface area (Å²) in [7, 11) is 0. The molecule has 42 heavy (non-hydrogen) atoms. The number of ether oxygens (including phenoxy) is 5. The van der Waals surface area contributed by atoms with Gasteiger partial charge < -0.3 is 28.8 Å². The molecular weight excluding hydrogens is 528 g/mol. The maximum absolute atomic E-state index is 10.0. The molecule has 0 bridgehead atoms. The van der Waals surface area contributed by atoms with E-state index in [1.165, 1.54) is 0 Å². The first kappa shape index (κ1) is 30.1. The maximum Gasteiger partial charge on any atom is 0.115 e. The molecular formula is C36H40O6. The highest BCUT2D eigenvalue weighted by molar-refractivity contribution is 5.16. The molecule has 0 saturated carbocycles. The molecule has 5 rings (SSSR count). The maximum atomic E-state index is 10.0. The van der Waals surface area contributed by atoms with Gasteiger partial charge in [0.1, 0.15) is 24.4 Å². The Balaban J connectivity index is 1.40. The van der Waals surface area contributed by atoms with Gasteiger partial charge in [-0.1, -0.05) is 121 Å². The van der Waals surface area contributed by atoms with Gasteiger partial charge in [0.2, 0.25) is 0 Å². The first-order valence-corrected chi connectivity index (χ1v) is 14.6. The Bertz CT molecular complexity index is 1270. The van der Waals surface area contributed by atoms with Gasteiger partial charge in [-0.3, -0.25) is 0 Å². The molecule has 1 saturated heterocycles. The van der Waals surface area contributed by atoms with Crippen molar-refractivity contribution < 1.29 is 28.8 Å². The third-order valence-electron chi connectivity index (χ3n) is 7.39. The molecule has 1 heterocycles. The van der Waals surface area contributed by atoms with E-state index < -0.39 is 30.5 Å². The van der Waals surface area contributed by atoms with Crippen molar-refractivity contribution in [3.63, 3.8) is 0 Å². The van der Waals surface area contributed by atoms with Crippen LogP contribution in [-0.2, 0) is 50.1 Å². The molecule has 6 heteroatoms. The first-order valence-electron chi connectivity index (χ1n) is 14.6. The van der Waals surface area contributed by atoms with Crippen molar-refractivity contribution >= 4 is 0 Å². The van der Waals surface area contributed by atoms with E-state index in [0.29, 0.717) is 39.5 Å². The average molecular weight is 569 g/mol.